The van der Waals surface area contributed by atoms with Crippen LogP contribution in [-0.4, -0.2) is 53.4 Å². The average Bonchev–Trinajstić information content (AvgIpc) is 3.46. The van der Waals surface area contributed by atoms with Crippen LogP contribution < -0.4 is 25.4 Å². The molecule has 1 unspecified atom stereocenters. The molecule has 3 heterocycles. The number of anilines is 1. The first kappa shape index (κ1) is 21.9. The topological polar surface area (TPSA) is 91.9 Å². The van der Waals surface area contributed by atoms with Crippen LogP contribution >= 0.6 is 11.8 Å². The fraction of sp³-hybridized carbons (Fsp3) is 0.417. The lowest BCUT2D eigenvalue weighted by Gasteiger charge is -2.39. The van der Waals surface area contributed by atoms with Crippen molar-refractivity contribution in [3.8, 4) is 11.5 Å². The van der Waals surface area contributed by atoms with Gasteiger partial charge in [-0.2, -0.15) is 0 Å². The van der Waals surface area contributed by atoms with Gasteiger partial charge in [0.15, 0.2) is 11.5 Å². The van der Waals surface area contributed by atoms with Crippen LogP contribution in [0.3, 0.4) is 0 Å². The van der Waals surface area contributed by atoms with Crippen molar-refractivity contribution in [2.45, 2.75) is 37.2 Å². The van der Waals surface area contributed by atoms with E-state index in [1.165, 1.54) is 0 Å². The van der Waals surface area contributed by atoms with E-state index >= 15 is 0 Å². The first-order chi connectivity index (χ1) is 16.0. The molecule has 33 heavy (non-hydrogen) atoms. The summed E-state index contributed by atoms with van der Waals surface area (Å²) >= 11 is 1.79. The van der Waals surface area contributed by atoms with Crippen molar-refractivity contribution in [2.24, 2.45) is 0 Å². The molecule has 8 nitrogen and oxygen atoms in total. The van der Waals surface area contributed by atoms with Crippen molar-refractivity contribution in [3.05, 3.63) is 53.6 Å². The van der Waals surface area contributed by atoms with E-state index in [9.17, 15) is 9.59 Å². The standard InChI is InChI=1S/C24H28N4O4S/c1-16-2-5-18(6-3-16)26-23(30)28-10-8-24(9-11-28)27-19(14-33-24)22(29)25-13-17-4-7-20-21(12-17)32-15-31-20/h2-7,12,19,27H,8-11,13-15H2,1H3,(H,25,29)(H,26,30). The summed E-state index contributed by atoms with van der Waals surface area (Å²) in [5.41, 5.74) is 2.94. The maximum Gasteiger partial charge on any atom is 0.321 e. The number of thioether (sulfide) groups is 1. The third-order valence-corrected chi connectivity index (χ3v) is 7.92. The predicted molar refractivity (Wildman–Crippen MR) is 128 cm³/mol. The highest BCUT2D eigenvalue weighted by Crippen LogP contribution is 2.39. The SMILES string of the molecule is Cc1ccc(NC(=O)N2CCC3(CC2)NC(C(=O)NCc2ccc4c(c2)OCO4)CS3)cc1. The number of carbonyl (C=O) groups is 2. The molecule has 9 heteroatoms. The lowest BCUT2D eigenvalue weighted by atomic mass is 10.0. The number of ether oxygens (including phenoxy) is 2. The molecule has 2 fully saturated rings. The number of benzene rings is 2. The maximum atomic E-state index is 12.8. The molecular weight excluding hydrogens is 440 g/mol. The number of urea groups is 1. The van der Waals surface area contributed by atoms with Gasteiger partial charge in [0.25, 0.3) is 0 Å². The zero-order valence-corrected chi connectivity index (χ0v) is 19.4. The molecule has 3 amide bonds. The molecule has 2 aromatic carbocycles. The molecule has 3 N–H and O–H groups in total. The van der Waals surface area contributed by atoms with Crippen molar-refractivity contribution < 1.29 is 19.1 Å². The average molecular weight is 469 g/mol. The molecule has 1 atom stereocenters. The van der Waals surface area contributed by atoms with Gasteiger partial charge >= 0.3 is 6.03 Å². The molecule has 0 aliphatic carbocycles. The van der Waals surface area contributed by atoms with Crippen molar-refractivity contribution in [3.63, 3.8) is 0 Å². The summed E-state index contributed by atoms with van der Waals surface area (Å²) in [5.74, 6) is 2.17. The van der Waals surface area contributed by atoms with Crippen molar-refractivity contribution in [1.82, 2.24) is 15.5 Å². The van der Waals surface area contributed by atoms with E-state index in [2.05, 4.69) is 16.0 Å². The van der Waals surface area contributed by atoms with Crippen molar-refractivity contribution in [1.29, 1.82) is 0 Å². The summed E-state index contributed by atoms with van der Waals surface area (Å²) in [6.45, 7) is 4.01. The third kappa shape index (κ3) is 4.89. The predicted octanol–water partition coefficient (Wildman–Crippen LogP) is 3.07. The second-order valence-electron chi connectivity index (χ2n) is 8.69. The van der Waals surface area contributed by atoms with Crippen LogP contribution in [0.15, 0.2) is 42.5 Å². The number of hydrogen-bond donors (Lipinski definition) is 3. The van der Waals surface area contributed by atoms with E-state index < -0.39 is 0 Å². The number of nitrogens with zero attached hydrogens (tertiary/aromatic N) is 1. The Morgan fingerprint density at radius 1 is 1.12 bits per heavy atom. The highest BCUT2D eigenvalue weighted by molar-refractivity contribution is 8.01. The van der Waals surface area contributed by atoms with Crippen LogP contribution in [0.5, 0.6) is 11.5 Å². The van der Waals surface area contributed by atoms with E-state index in [1.807, 2.05) is 54.3 Å². The van der Waals surface area contributed by atoms with E-state index in [4.69, 9.17) is 9.47 Å². The normalized spacial score (nSPS) is 20.6. The largest absolute Gasteiger partial charge is 0.454 e. The van der Waals surface area contributed by atoms with E-state index in [1.54, 1.807) is 11.8 Å². The Morgan fingerprint density at radius 3 is 2.67 bits per heavy atom. The Morgan fingerprint density at radius 2 is 1.88 bits per heavy atom. The molecule has 174 valence electrons. The second-order valence-corrected chi connectivity index (χ2v) is 10.1. The summed E-state index contributed by atoms with van der Waals surface area (Å²) in [4.78, 5) is 27.1. The monoisotopic (exact) mass is 468 g/mol. The summed E-state index contributed by atoms with van der Waals surface area (Å²) in [7, 11) is 0. The minimum Gasteiger partial charge on any atom is -0.454 e. The molecule has 1 spiro atoms. The van der Waals surface area contributed by atoms with Crippen LogP contribution in [0, 0.1) is 6.92 Å². The Hall–Kier alpha value is -2.91. The van der Waals surface area contributed by atoms with Gasteiger partial charge in [0, 0.05) is 31.1 Å². The molecule has 0 saturated carbocycles. The summed E-state index contributed by atoms with van der Waals surface area (Å²) in [5, 5.41) is 9.55. The van der Waals surface area contributed by atoms with E-state index in [-0.39, 0.29) is 29.6 Å². The van der Waals surface area contributed by atoms with Gasteiger partial charge in [0.1, 0.15) is 0 Å². The zero-order chi connectivity index (χ0) is 22.8. The summed E-state index contributed by atoms with van der Waals surface area (Å²) in [6.07, 6.45) is 1.62. The summed E-state index contributed by atoms with van der Waals surface area (Å²) < 4.78 is 10.7. The van der Waals surface area contributed by atoms with Crippen LogP contribution in [-0.2, 0) is 11.3 Å². The minimum atomic E-state index is -0.239. The molecule has 5 rings (SSSR count). The van der Waals surface area contributed by atoms with Crippen LogP contribution in [0.1, 0.15) is 24.0 Å². The Labute approximate surface area is 197 Å². The molecule has 0 bridgehead atoms. The molecule has 2 saturated heterocycles. The highest BCUT2D eigenvalue weighted by Gasteiger charge is 2.44. The third-order valence-electron chi connectivity index (χ3n) is 6.34. The first-order valence-corrected chi connectivity index (χ1v) is 12.2. The quantitative estimate of drug-likeness (QED) is 0.639. The van der Waals surface area contributed by atoms with Gasteiger partial charge in [-0.1, -0.05) is 23.8 Å². The van der Waals surface area contributed by atoms with E-state index in [0.29, 0.717) is 25.4 Å². The number of rotatable bonds is 4. The van der Waals surface area contributed by atoms with Crippen LogP contribution in [0.2, 0.25) is 0 Å². The van der Waals surface area contributed by atoms with Gasteiger partial charge in [-0.15, -0.1) is 11.8 Å². The number of fused-ring (bicyclic) bond motifs is 1. The van der Waals surface area contributed by atoms with Crippen LogP contribution in [0.4, 0.5) is 10.5 Å². The van der Waals surface area contributed by atoms with Gasteiger partial charge in [0.05, 0.1) is 10.9 Å². The fourth-order valence-corrected chi connectivity index (χ4v) is 5.76. The number of likely N-dealkylation sites (tertiary alicyclic amines) is 1. The minimum absolute atomic E-state index is 0.00316. The lowest BCUT2D eigenvalue weighted by molar-refractivity contribution is -0.122. The number of aryl methyl sites for hydroxylation is 1. The molecule has 0 aromatic heterocycles. The second kappa shape index (κ2) is 9.15. The Kier molecular flexibility index (Phi) is 6.07. The maximum absolute atomic E-state index is 12.8. The number of piperidine rings is 1. The lowest BCUT2D eigenvalue weighted by Crippen LogP contribution is -2.54. The fourth-order valence-electron chi connectivity index (χ4n) is 4.35. The molecule has 0 radical (unpaired) electrons. The van der Waals surface area contributed by atoms with Gasteiger partial charge in [0.2, 0.25) is 12.7 Å². The molecule has 2 aromatic rings. The Bertz CT molecular complexity index is 1040. The molecule has 3 aliphatic heterocycles. The summed E-state index contributed by atoms with van der Waals surface area (Å²) in [6, 6.07) is 13.2. The first-order valence-electron chi connectivity index (χ1n) is 11.2. The number of hydrogen-bond acceptors (Lipinski definition) is 6. The smallest absolute Gasteiger partial charge is 0.321 e. The van der Waals surface area contributed by atoms with Gasteiger partial charge < -0.3 is 25.0 Å². The Balaban J connectivity index is 1.09. The molecular formula is C24H28N4O4S. The highest BCUT2D eigenvalue weighted by atomic mass is 32.2. The van der Waals surface area contributed by atoms with E-state index in [0.717, 1.165) is 41.2 Å². The number of nitrogens with one attached hydrogen (secondary N) is 3. The van der Waals surface area contributed by atoms with Crippen molar-refractivity contribution >= 4 is 29.4 Å². The number of carbonyl (C=O) groups excluding carboxylic acids is 2. The van der Waals surface area contributed by atoms with Gasteiger partial charge in [-0.25, -0.2) is 4.79 Å². The van der Waals surface area contributed by atoms with Crippen LogP contribution in [0.25, 0.3) is 0 Å². The van der Waals surface area contributed by atoms with Gasteiger partial charge in [-0.3, -0.25) is 10.1 Å². The zero-order valence-electron chi connectivity index (χ0n) is 18.6. The number of amides is 3. The van der Waals surface area contributed by atoms with Gasteiger partial charge in [-0.05, 0) is 49.6 Å². The molecule has 3 aliphatic rings. The van der Waals surface area contributed by atoms with Crippen molar-refractivity contribution in [2.75, 3.05) is 31.0 Å².